The zero-order valence-corrected chi connectivity index (χ0v) is 9.76. The number of aliphatic hydroxyl groups is 1. The highest BCUT2D eigenvalue weighted by Crippen LogP contribution is 2.65. The zero-order chi connectivity index (χ0) is 10.7. The molecule has 3 saturated carbocycles. The van der Waals surface area contributed by atoms with Crippen LogP contribution in [0.3, 0.4) is 0 Å². The van der Waals surface area contributed by atoms with Crippen molar-refractivity contribution in [1.29, 1.82) is 0 Å². The summed E-state index contributed by atoms with van der Waals surface area (Å²) in [4.78, 5) is 0. The van der Waals surface area contributed by atoms with Crippen molar-refractivity contribution in [2.75, 3.05) is 6.61 Å². The SMILES string of the molecule is CC12CC3CC(N)(CCCC3(CO)C1)C2. The van der Waals surface area contributed by atoms with Crippen LogP contribution in [0.4, 0.5) is 0 Å². The van der Waals surface area contributed by atoms with Gasteiger partial charge in [-0.25, -0.2) is 0 Å². The highest BCUT2D eigenvalue weighted by atomic mass is 16.3. The predicted molar refractivity (Wildman–Crippen MR) is 60.4 cm³/mol. The third kappa shape index (κ3) is 1.31. The molecule has 86 valence electrons. The van der Waals surface area contributed by atoms with Crippen LogP contribution in [0, 0.1) is 16.7 Å². The number of hydrogen-bond acceptors (Lipinski definition) is 2. The molecule has 0 spiro atoms. The highest BCUT2D eigenvalue weighted by Gasteiger charge is 2.60. The van der Waals surface area contributed by atoms with Crippen molar-refractivity contribution in [2.24, 2.45) is 22.5 Å². The zero-order valence-electron chi connectivity index (χ0n) is 9.76. The van der Waals surface area contributed by atoms with E-state index in [0.717, 1.165) is 0 Å². The van der Waals surface area contributed by atoms with Gasteiger partial charge in [0.1, 0.15) is 0 Å². The van der Waals surface area contributed by atoms with Crippen LogP contribution in [0.5, 0.6) is 0 Å². The molecule has 0 saturated heterocycles. The van der Waals surface area contributed by atoms with Gasteiger partial charge < -0.3 is 10.8 Å². The van der Waals surface area contributed by atoms with Crippen molar-refractivity contribution in [3.8, 4) is 0 Å². The second-order valence-electron chi connectivity index (χ2n) is 7.01. The molecule has 3 rings (SSSR count). The first kappa shape index (κ1) is 10.1. The number of hydrogen-bond donors (Lipinski definition) is 2. The lowest BCUT2D eigenvalue weighted by atomic mass is 9.67. The molecule has 0 radical (unpaired) electrons. The van der Waals surface area contributed by atoms with Crippen molar-refractivity contribution in [3.05, 3.63) is 0 Å². The normalized spacial score (nSPS) is 58.2. The Kier molecular flexibility index (Phi) is 1.87. The van der Waals surface area contributed by atoms with Crippen LogP contribution in [-0.4, -0.2) is 17.3 Å². The standard InChI is InChI=1S/C13H23NO/c1-11-5-10-6-13(14,8-11)4-2-3-12(10,7-11)9-15/h10,15H,2-9,14H2,1H3. The molecule has 0 aliphatic heterocycles. The Morgan fingerprint density at radius 3 is 2.80 bits per heavy atom. The molecule has 3 N–H and O–H groups in total. The Balaban J connectivity index is 2.03. The largest absolute Gasteiger partial charge is 0.396 e. The number of nitrogens with two attached hydrogens (primary N) is 1. The molecule has 15 heavy (non-hydrogen) atoms. The quantitative estimate of drug-likeness (QED) is 0.694. The fourth-order valence-corrected chi connectivity index (χ4v) is 5.25. The first-order chi connectivity index (χ1) is 6.99. The maximum Gasteiger partial charge on any atom is 0.0490 e. The Bertz CT molecular complexity index is 292. The van der Waals surface area contributed by atoms with Gasteiger partial charge in [0.05, 0.1) is 0 Å². The van der Waals surface area contributed by atoms with E-state index in [-0.39, 0.29) is 11.0 Å². The van der Waals surface area contributed by atoms with Gasteiger partial charge in [0.25, 0.3) is 0 Å². The highest BCUT2D eigenvalue weighted by molar-refractivity contribution is 5.12. The lowest BCUT2D eigenvalue weighted by Gasteiger charge is -2.42. The summed E-state index contributed by atoms with van der Waals surface area (Å²) in [6, 6.07) is 0. The smallest absolute Gasteiger partial charge is 0.0490 e. The molecule has 3 fully saturated rings. The van der Waals surface area contributed by atoms with Gasteiger partial charge in [-0.15, -0.1) is 0 Å². The fourth-order valence-electron chi connectivity index (χ4n) is 5.25. The Morgan fingerprint density at radius 1 is 1.27 bits per heavy atom. The van der Waals surface area contributed by atoms with Crippen LogP contribution in [0.1, 0.15) is 51.9 Å². The fraction of sp³-hybridized carbons (Fsp3) is 1.00. The van der Waals surface area contributed by atoms with Gasteiger partial charge in [-0.2, -0.15) is 0 Å². The number of rotatable bonds is 1. The summed E-state index contributed by atoms with van der Waals surface area (Å²) < 4.78 is 0. The van der Waals surface area contributed by atoms with Crippen molar-refractivity contribution >= 4 is 0 Å². The second kappa shape index (κ2) is 2.78. The molecule has 0 aromatic carbocycles. The lowest BCUT2D eigenvalue weighted by Crippen LogP contribution is -2.47. The molecule has 3 aliphatic carbocycles. The van der Waals surface area contributed by atoms with E-state index in [4.69, 9.17) is 5.73 Å². The summed E-state index contributed by atoms with van der Waals surface area (Å²) >= 11 is 0. The summed E-state index contributed by atoms with van der Waals surface area (Å²) in [6.45, 7) is 2.78. The summed E-state index contributed by atoms with van der Waals surface area (Å²) in [5, 5.41) is 9.77. The molecule has 0 aromatic heterocycles. The van der Waals surface area contributed by atoms with Crippen LogP contribution in [0.15, 0.2) is 0 Å². The first-order valence-corrected chi connectivity index (χ1v) is 6.39. The van der Waals surface area contributed by atoms with E-state index in [1.165, 1.54) is 44.9 Å². The topological polar surface area (TPSA) is 46.2 Å². The summed E-state index contributed by atoms with van der Waals surface area (Å²) in [5.41, 5.74) is 7.31. The maximum absolute atomic E-state index is 9.77. The first-order valence-electron chi connectivity index (χ1n) is 6.39. The minimum Gasteiger partial charge on any atom is -0.396 e. The van der Waals surface area contributed by atoms with E-state index < -0.39 is 0 Å². The van der Waals surface area contributed by atoms with Gasteiger partial charge >= 0.3 is 0 Å². The molecule has 3 bridgehead atoms. The van der Waals surface area contributed by atoms with Crippen LogP contribution in [0.25, 0.3) is 0 Å². The molecule has 3 aliphatic rings. The van der Waals surface area contributed by atoms with E-state index in [9.17, 15) is 5.11 Å². The van der Waals surface area contributed by atoms with E-state index in [0.29, 0.717) is 17.9 Å². The van der Waals surface area contributed by atoms with Gasteiger partial charge in [0, 0.05) is 12.1 Å². The molecule has 0 aromatic rings. The van der Waals surface area contributed by atoms with Crippen molar-refractivity contribution in [2.45, 2.75) is 57.4 Å². The average molecular weight is 209 g/mol. The molecule has 0 heterocycles. The van der Waals surface area contributed by atoms with Crippen molar-refractivity contribution < 1.29 is 5.11 Å². The Hall–Kier alpha value is -0.0800. The molecule has 4 atom stereocenters. The summed E-state index contributed by atoms with van der Waals surface area (Å²) in [6.07, 6.45) is 8.52. The molecular formula is C13H23NO. The average Bonchev–Trinajstić information content (AvgIpc) is 2.26. The van der Waals surface area contributed by atoms with E-state index in [2.05, 4.69) is 6.92 Å². The van der Waals surface area contributed by atoms with Gasteiger partial charge in [0.15, 0.2) is 0 Å². The van der Waals surface area contributed by atoms with Gasteiger partial charge in [-0.1, -0.05) is 13.3 Å². The van der Waals surface area contributed by atoms with Crippen LogP contribution < -0.4 is 5.73 Å². The molecule has 4 unspecified atom stereocenters. The second-order valence-corrected chi connectivity index (χ2v) is 7.01. The van der Waals surface area contributed by atoms with Crippen molar-refractivity contribution in [3.63, 3.8) is 0 Å². The predicted octanol–water partition coefficient (Wildman–Crippen LogP) is 2.06. The number of fused-ring (bicyclic) bond motifs is 2. The monoisotopic (exact) mass is 209 g/mol. The molecule has 2 nitrogen and oxygen atoms in total. The molecular weight excluding hydrogens is 186 g/mol. The van der Waals surface area contributed by atoms with E-state index >= 15 is 0 Å². The third-order valence-electron chi connectivity index (χ3n) is 5.48. The third-order valence-corrected chi connectivity index (χ3v) is 5.48. The van der Waals surface area contributed by atoms with Crippen molar-refractivity contribution in [1.82, 2.24) is 0 Å². The van der Waals surface area contributed by atoms with Gasteiger partial charge in [-0.3, -0.25) is 0 Å². The van der Waals surface area contributed by atoms with Crippen LogP contribution >= 0.6 is 0 Å². The van der Waals surface area contributed by atoms with Gasteiger partial charge in [0.2, 0.25) is 0 Å². The Morgan fingerprint density at radius 2 is 2.07 bits per heavy atom. The van der Waals surface area contributed by atoms with E-state index in [1.807, 2.05) is 0 Å². The summed E-state index contributed by atoms with van der Waals surface area (Å²) in [5.74, 6) is 0.703. The number of aliphatic hydroxyl groups excluding tert-OH is 1. The van der Waals surface area contributed by atoms with E-state index in [1.54, 1.807) is 0 Å². The molecule has 0 amide bonds. The van der Waals surface area contributed by atoms with Crippen LogP contribution in [0.2, 0.25) is 0 Å². The minimum absolute atomic E-state index is 0.102. The molecule has 2 heteroatoms. The lowest BCUT2D eigenvalue weighted by molar-refractivity contribution is 0.0740. The summed E-state index contributed by atoms with van der Waals surface area (Å²) in [7, 11) is 0. The minimum atomic E-state index is 0.102. The Labute approximate surface area is 92.2 Å². The van der Waals surface area contributed by atoms with Gasteiger partial charge in [-0.05, 0) is 55.3 Å². The van der Waals surface area contributed by atoms with Crippen LogP contribution in [-0.2, 0) is 0 Å². The maximum atomic E-state index is 9.77.